The number of nitrogens with zero attached hydrogens (tertiary/aromatic N) is 3. The Morgan fingerprint density at radius 1 is 1.47 bits per heavy atom. The van der Waals surface area contributed by atoms with Crippen molar-refractivity contribution in [2.24, 2.45) is 0 Å². The van der Waals surface area contributed by atoms with Gasteiger partial charge >= 0.3 is 0 Å². The molecule has 1 amide bonds. The van der Waals surface area contributed by atoms with Gasteiger partial charge in [0, 0.05) is 15.4 Å². The highest BCUT2D eigenvalue weighted by atomic mass is 79.9. The normalized spacial score (nSPS) is 10.8. The molecule has 3 rings (SSSR count). The van der Waals surface area contributed by atoms with E-state index in [2.05, 4.69) is 31.3 Å². The number of hydrogen-bond donors (Lipinski definition) is 1. The van der Waals surface area contributed by atoms with E-state index in [0.717, 1.165) is 15.1 Å². The molecule has 0 atom stereocenters. The summed E-state index contributed by atoms with van der Waals surface area (Å²) in [5.74, 6) is 0.0946. The van der Waals surface area contributed by atoms with Crippen LogP contribution in [-0.2, 0) is 0 Å². The van der Waals surface area contributed by atoms with Gasteiger partial charge in [0.1, 0.15) is 0 Å². The maximum absolute atomic E-state index is 12.0. The molecule has 0 bridgehead atoms. The fourth-order valence-corrected chi connectivity index (χ4v) is 2.85. The first-order chi connectivity index (χ1) is 9.13. The lowest BCUT2D eigenvalue weighted by Crippen LogP contribution is -2.13. The minimum Gasteiger partial charge on any atom is -0.289 e. The van der Waals surface area contributed by atoms with Crippen molar-refractivity contribution in [1.82, 2.24) is 14.6 Å². The minimum absolute atomic E-state index is 0.225. The smallest absolute Gasteiger partial charge is 0.258 e. The van der Waals surface area contributed by atoms with Gasteiger partial charge in [0.25, 0.3) is 11.9 Å². The van der Waals surface area contributed by atoms with Crippen molar-refractivity contribution in [2.45, 2.75) is 6.92 Å². The summed E-state index contributed by atoms with van der Waals surface area (Å²) in [5, 5.41) is 8.89. The number of thiazole rings is 1. The molecular weight excluding hydrogens is 328 g/mol. The number of anilines is 1. The van der Waals surface area contributed by atoms with E-state index in [1.165, 1.54) is 11.3 Å². The van der Waals surface area contributed by atoms with Crippen LogP contribution in [-0.4, -0.2) is 20.5 Å². The summed E-state index contributed by atoms with van der Waals surface area (Å²) >= 11 is 4.82. The maximum Gasteiger partial charge on any atom is 0.258 e. The number of amides is 1. The van der Waals surface area contributed by atoms with Gasteiger partial charge in [-0.1, -0.05) is 22.0 Å². The van der Waals surface area contributed by atoms with Gasteiger partial charge in [-0.25, -0.2) is 4.52 Å². The summed E-state index contributed by atoms with van der Waals surface area (Å²) in [6.45, 7) is 1.94. The van der Waals surface area contributed by atoms with E-state index >= 15 is 0 Å². The number of aromatic nitrogens is 3. The predicted molar refractivity (Wildman–Crippen MR) is 77.7 cm³/mol. The zero-order valence-corrected chi connectivity index (χ0v) is 12.3. The van der Waals surface area contributed by atoms with Crippen LogP contribution in [0.4, 0.5) is 5.95 Å². The molecule has 0 aliphatic rings. The Morgan fingerprint density at radius 2 is 2.32 bits per heavy atom. The van der Waals surface area contributed by atoms with Gasteiger partial charge in [-0.15, -0.1) is 16.4 Å². The van der Waals surface area contributed by atoms with Crippen LogP contribution in [0, 0.1) is 6.92 Å². The first kappa shape index (κ1) is 12.3. The van der Waals surface area contributed by atoms with E-state index in [0.29, 0.717) is 11.5 Å². The Morgan fingerprint density at radius 3 is 3.05 bits per heavy atom. The molecule has 2 aromatic heterocycles. The molecule has 3 aromatic rings. The van der Waals surface area contributed by atoms with Crippen LogP contribution in [0.25, 0.3) is 4.96 Å². The van der Waals surface area contributed by atoms with Crippen LogP contribution < -0.4 is 5.32 Å². The first-order valence-electron chi connectivity index (χ1n) is 5.51. The third kappa shape index (κ3) is 2.39. The molecule has 0 unspecified atom stereocenters. The van der Waals surface area contributed by atoms with Crippen molar-refractivity contribution in [3.63, 3.8) is 0 Å². The Balaban J connectivity index is 1.86. The second kappa shape index (κ2) is 4.75. The van der Waals surface area contributed by atoms with Crippen molar-refractivity contribution in [3.8, 4) is 0 Å². The van der Waals surface area contributed by atoms with Crippen molar-refractivity contribution >= 4 is 44.1 Å². The molecule has 7 heteroatoms. The highest BCUT2D eigenvalue weighted by molar-refractivity contribution is 9.10. The van der Waals surface area contributed by atoms with E-state index in [1.807, 2.05) is 24.4 Å². The van der Waals surface area contributed by atoms with Crippen LogP contribution in [0.2, 0.25) is 0 Å². The number of fused-ring (bicyclic) bond motifs is 1. The number of benzene rings is 1. The lowest BCUT2D eigenvalue weighted by molar-refractivity contribution is 0.102. The van der Waals surface area contributed by atoms with Gasteiger partial charge in [-0.2, -0.15) is 4.98 Å². The third-order valence-electron chi connectivity index (χ3n) is 2.56. The number of carbonyl (C=O) groups excluding carboxylic acids is 1. The Labute approximate surface area is 121 Å². The average Bonchev–Trinajstić information content (AvgIpc) is 2.92. The number of hydrogen-bond acceptors (Lipinski definition) is 4. The van der Waals surface area contributed by atoms with Crippen molar-refractivity contribution in [2.75, 3.05) is 5.32 Å². The summed E-state index contributed by atoms with van der Waals surface area (Å²) in [4.78, 5) is 17.0. The quantitative estimate of drug-likeness (QED) is 0.782. The Hall–Kier alpha value is -1.73. The fourth-order valence-electron chi connectivity index (χ4n) is 1.65. The summed E-state index contributed by atoms with van der Waals surface area (Å²) in [6.07, 6.45) is 0. The number of carbonyl (C=O) groups is 1. The zero-order valence-electron chi connectivity index (χ0n) is 9.92. The SMILES string of the molecule is Cc1csc2nc(NC(=O)c3cccc(Br)c3)nn12. The Bertz CT molecular complexity index is 764. The monoisotopic (exact) mass is 336 g/mol. The van der Waals surface area contributed by atoms with Gasteiger partial charge in [-0.05, 0) is 25.1 Å². The molecule has 1 N–H and O–H groups in total. The largest absolute Gasteiger partial charge is 0.289 e. The molecule has 5 nitrogen and oxygen atoms in total. The molecule has 0 aliphatic heterocycles. The van der Waals surface area contributed by atoms with Crippen LogP contribution in [0.15, 0.2) is 34.1 Å². The second-order valence-corrected chi connectivity index (χ2v) is 5.72. The number of nitrogens with one attached hydrogen (secondary N) is 1. The van der Waals surface area contributed by atoms with Crippen molar-refractivity contribution in [1.29, 1.82) is 0 Å². The molecule has 0 aliphatic carbocycles. The fraction of sp³-hybridized carbons (Fsp3) is 0.0833. The van der Waals surface area contributed by atoms with Crippen molar-refractivity contribution in [3.05, 3.63) is 45.4 Å². The molecule has 1 aromatic carbocycles. The van der Waals surface area contributed by atoms with Gasteiger partial charge < -0.3 is 0 Å². The van der Waals surface area contributed by atoms with E-state index < -0.39 is 0 Å². The van der Waals surface area contributed by atoms with Gasteiger partial charge in [0.15, 0.2) is 0 Å². The first-order valence-corrected chi connectivity index (χ1v) is 7.18. The van der Waals surface area contributed by atoms with E-state index in [1.54, 1.807) is 16.6 Å². The summed E-state index contributed by atoms with van der Waals surface area (Å²) in [7, 11) is 0. The van der Waals surface area contributed by atoms with Crippen LogP contribution in [0.3, 0.4) is 0 Å². The van der Waals surface area contributed by atoms with E-state index in [9.17, 15) is 4.79 Å². The minimum atomic E-state index is -0.225. The number of rotatable bonds is 2. The second-order valence-electron chi connectivity index (χ2n) is 3.97. The predicted octanol–water partition coefficient (Wildman–Crippen LogP) is 3.11. The lowest BCUT2D eigenvalue weighted by atomic mass is 10.2. The van der Waals surface area contributed by atoms with Crippen LogP contribution in [0.1, 0.15) is 16.1 Å². The Kier molecular flexibility index (Phi) is 3.08. The summed E-state index contributed by atoms with van der Waals surface area (Å²) in [6, 6.07) is 7.16. The third-order valence-corrected chi connectivity index (χ3v) is 3.99. The van der Waals surface area contributed by atoms with E-state index in [4.69, 9.17) is 0 Å². The lowest BCUT2D eigenvalue weighted by Gasteiger charge is -2.01. The van der Waals surface area contributed by atoms with Gasteiger partial charge in [0.05, 0.1) is 5.69 Å². The highest BCUT2D eigenvalue weighted by Gasteiger charge is 2.11. The molecule has 2 heterocycles. The molecule has 19 heavy (non-hydrogen) atoms. The highest BCUT2D eigenvalue weighted by Crippen LogP contribution is 2.16. The van der Waals surface area contributed by atoms with Crippen molar-refractivity contribution < 1.29 is 4.79 Å². The molecule has 0 saturated heterocycles. The number of aryl methyl sites for hydroxylation is 1. The van der Waals surface area contributed by atoms with Gasteiger partial charge in [0.2, 0.25) is 4.96 Å². The topological polar surface area (TPSA) is 59.3 Å². The zero-order chi connectivity index (χ0) is 13.4. The molecule has 0 spiro atoms. The molecule has 0 fully saturated rings. The van der Waals surface area contributed by atoms with E-state index in [-0.39, 0.29) is 5.91 Å². The molecule has 0 saturated carbocycles. The average molecular weight is 337 g/mol. The van der Waals surface area contributed by atoms with Crippen LogP contribution >= 0.6 is 27.3 Å². The van der Waals surface area contributed by atoms with Gasteiger partial charge in [-0.3, -0.25) is 10.1 Å². The molecular formula is C12H9BrN4OS. The molecule has 0 radical (unpaired) electrons. The van der Waals surface area contributed by atoms with Crippen LogP contribution in [0.5, 0.6) is 0 Å². The molecule has 96 valence electrons. The standard InChI is InChI=1S/C12H9BrN4OS/c1-7-6-19-12-15-11(16-17(7)12)14-10(18)8-3-2-4-9(13)5-8/h2-6H,1H3,(H,14,16,18). The summed E-state index contributed by atoms with van der Waals surface area (Å²) < 4.78 is 2.57. The maximum atomic E-state index is 12.0. The summed E-state index contributed by atoms with van der Waals surface area (Å²) in [5.41, 5.74) is 1.56. The number of halogens is 1.